The predicted molar refractivity (Wildman–Crippen MR) is 336 cm³/mol. The Morgan fingerprint density at radius 1 is 0.505 bits per heavy atom. The molecule has 95 heavy (non-hydrogen) atoms. The molecule has 6 aliphatic heterocycles. The average molecular weight is 1330 g/mol. The van der Waals surface area contributed by atoms with Gasteiger partial charge in [-0.25, -0.2) is 0 Å². The number of fused-ring (bicyclic) bond motifs is 14. The van der Waals surface area contributed by atoms with Crippen molar-refractivity contribution in [3.05, 3.63) is 164 Å². The highest BCUT2D eigenvalue weighted by molar-refractivity contribution is 6.32. The molecule has 25 nitrogen and oxygen atoms in total. The third-order valence-electron chi connectivity index (χ3n) is 18.9. The molecule has 0 spiro atoms. The minimum Gasteiger partial charge on any atom is -0.508 e. The van der Waals surface area contributed by atoms with Crippen molar-refractivity contribution in [1.29, 1.82) is 0 Å². The van der Waals surface area contributed by atoms with Gasteiger partial charge in [0.2, 0.25) is 47.1 Å². The topological polar surface area (TPSA) is 399 Å². The van der Waals surface area contributed by atoms with E-state index in [4.69, 9.17) is 43.1 Å². The highest BCUT2D eigenvalue weighted by atomic mass is 35.5. The first kappa shape index (κ1) is 62.0. The Morgan fingerprint density at radius 2 is 1.07 bits per heavy atom. The summed E-state index contributed by atoms with van der Waals surface area (Å²) < 4.78 is 18.6. The molecular formula is C68H60Cl2N8O17. The second kappa shape index (κ2) is 23.8. The maximum Gasteiger partial charge on any atom is 0.248 e. The molecule has 7 aromatic carbocycles. The van der Waals surface area contributed by atoms with Gasteiger partial charge in [0.05, 0.1) is 10.0 Å². The summed E-state index contributed by atoms with van der Waals surface area (Å²) in [5, 5.41) is 101. The lowest BCUT2D eigenvalue weighted by Crippen LogP contribution is -2.62. The van der Waals surface area contributed by atoms with Crippen LogP contribution in [0.25, 0.3) is 11.1 Å². The van der Waals surface area contributed by atoms with Crippen LogP contribution in [0, 0.1) is 17.8 Å². The van der Waals surface area contributed by atoms with E-state index in [1.807, 2.05) is 0 Å². The molecule has 0 unspecified atom stereocenters. The molecule has 8 atom stereocenters. The van der Waals surface area contributed by atoms with Gasteiger partial charge in [0.25, 0.3) is 0 Å². The van der Waals surface area contributed by atoms with E-state index >= 15 is 28.8 Å². The van der Waals surface area contributed by atoms with Crippen molar-refractivity contribution in [2.75, 3.05) is 0 Å². The number of carbonyl (C=O) groups is 7. The lowest BCUT2D eigenvalue weighted by Gasteiger charge is -2.57. The largest absolute Gasteiger partial charge is 0.508 e. The monoisotopic (exact) mass is 1330 g/mol. The van der Waals surface area contributed by atoms with Crippen molar-refractivity contribution < 1.29 is 83.5 Å². The Bertz CT molecular complexity index is 4420. The first-order chi connectivity index (χ1) is 45.4. The molecule has 0 radical (unpaired) electrons. The Labute approximate surface area is 549 Å². The Kier molecular flexibility index (Phi) is 15.6. The number of aromatic hydroxyl groups is 6. The number of carbonyl (C=O) groups excluding carboxylic acids is 7. The number of amides is 7. The Morgan fingerprint density at radius 3 is 1.74 bits per heavy atom. The van der Waals surface area contributed by atoms with Gasteiger partial charge in [-0.1, -0.05) is 47.5 Å². The maximum absolute atomic E-state index is 16.0. The van der Waals surface area contributed by atoms with Gasteiger partial charge in [-0.15, -0.1) is 0 Å². The molecule has 488 valence electrons. The summed E-state index contributed by atoms with van der Waals surface area (Å²) in [6.07, 6.45) is 2.63. The van der Waals surface area contributed by atoms with Crippen LogP contribution in [0.4, 0.5) is 0 Å². The van der Waals surface area contributed by atoms with Gasteiger partial charge in [-0.3, -0.25) is 33.6 Å². The molecule has 27 heteroatoms. The number of benzene rings is 7. The summed E-state index contributed by atoms with van der Waals surface area (Å²) in [7, 11) is 0. The van der Waals surface area contributed by atoms with E-state index in [-0.39, 0.29) is 84.0 Å². The molecule has 6 heterocycles. The van der Waals surface area contributed by atoms with E-state index in [1.54, 1.807) is 0 Å². The van der Waals surface area contributed by atoms with Gasteiger partial charge in [0.15, 0.2) is 23.0 Å². The molecule has 16 N–H and O–H groups in total. The number of hydrogen-bond acceptors (Lipinski definition) is 18. The van der Waals surface area contributed by atoms with E-state index in [9.17, 15) is 40.5 Å². The third-order valence-corrected chi connectivity index (χ3v) is 19.5. The fourth-order valence-corrected chi connectivity index (χ4v) is 15.3. The van der Waals surface area contributed by atoms with Crippen LogP contribution >= 0.6 is 23.2 Å². The van der Waals surface area contributed by atoms with E-state index in [2.05, 4.69) is 37.2 Å². The lowest BCUT2D eigenvalue weighted by atomic mass is 9.53. The predicted octanol–water partition coefficient (Wildman–Crippen LogP) is 6.99. The molecular weight excluding hydrogens is 1270 g/mol. The van der Waals surface area contributed by atoms with Crippen molar-refractivity contribution in [3.8, 4) is 80.1 Å². The minimum atomic E-state index is -2.15. The van der Waals surface area contributed by atoms with Crippen LogP contribution in [-0.2, 0) is 40.0 Å². The molecule has 4 aliphatic carbocycles. The number of aliphatic hydroxyl groups excluding tert-OH is 1. The second-order valence-electron chi connectivity index (χ2n) is 25.4. The average Bonchev–Trinajstić information content (AvgIpc) is 0.751. The van der Waals surface area contributed by atoms with E-state index in [0.717, 1.165) is 61.7 Å². The van der Waals surface area contributed by atoms with Crippen molar-refractivity contribution in [3.63, 3.8) is 0 Å². The van der Waals surface area contributed by atoms with Crippen molar-refractivity contribution >= 4 is 64.6 Å². The summed E-state index contributed by atoms with van der Waals surface area (Å²) in [5.74, 6) is -12.0. The smallest absolute Gasteiger partial charge is 0.248 e. The standard InChI is InChI=1S/C68H60Cl2N8O17/c69-41-12-27-1-7-47(41)94-50-19-35-20-51(60(50)85)95-48-8-4-33(17-42(48)70)59(84)58-66(91)76-57(67(92)78-68-24-28-9-29(25-68)11-30(10-28)26-68)40-22-37(80)23-46(83)52(40)39-16-32(3-5-44(39)81)54(63(88)77-58)74-65(90)56(35)75-64(89)55-34-14-36(79)21-38(15-34)93-49-18-31(2-6-45(49)82)53(71)62(87)72-43(13-27)61(86)73-55/h1-8,12,14-23,28-30,43,53-59,79-85H,9-11,13,24-26,71H2,(H,72,87)(H,73,86)(H,74,90)(H,75,89)(H,76,91)(H,77,88)(H,78,92)/t28?,29?,30?,43-,53-,54-,55+,56-,57+,58+,59-,68?/m1/s1. The Hall–Kier alpha value is -10.5. The van der Waals surface area contributed by atoms with Gasteiger partial charge < -0.3 is 92.9 Å². The summed E-state index contributed by atoms with van der Waals surface area (Å²) in [5.41, 5.74) is 4.60. The summed E-state index contributed by atoms with van der Waals surface area (Å²) in [4.78, 5) is 107. The van der Waals surface area contributed by atoms with E-state index in [0.29, 0.717) is 42.6 Å². The van der Waals surface area contributed by atoms with E-state index < -0.39 is 141 Å². The van der Waals surface area contributed by atoms with Crippen LogP contribution in [0.15, 0.2) is 115 Å². The Balaban J connectivity index is 0.947. The minimum absolute atomic E-state index is 0.111. The SMILES string of the molecule is N[C@H]1C(=O)N[C@@H]2Cc3ccc(c(Cl)c3)Oc3cc4cc(c3O)Oc3ccc(cc3Cl)[C@@H](O)[C@@H]3NC(=O)[C@H](NC(=O)[C@@H]4NC(=O)[C@@H](NC2=O)c2cc(O)cc(c2)Oc2cc1ccc2O)c1ccc(O)c(c1)-c1c(O)cc(O)cc1[C@@H](C(=O)NC12CC4CC(CC(C4)C1)C2)NC3=O. The number of hydrogen-bond donors (Lipinski definition) is 15. The molecule has 4 fully saturated rings. The zero-order chi connectivity index (χ0) is 66.6. The van der Waals surface area contributed by atoms with Crippen LogP contribution in [0.3, 0.4) is 0 Å². The van der Waals surface area contributed by atoms with Gasteiger partial charge in [-0.05, 0) is 174 Å². The zero-order valence-corrected chi connectivity index (χ0v) is 51.3. The van der Waals surface area contributed by atoms with Gasteiger partial charge in [-0.2, -0.15) is 0 Å². The normalized spacial score (nSPS) is 26.7. The number of halogens is 2. The molecule has 7 aromatic rings. The molecule has 21 bridgehead atoms. The molecule has 7 amide bonds. The molecule has 0 aromatic heterocycles. The number of rotatable bonds is 2. The van der Waals surface area contributed by atoms with Crippen LogP contribution < -0.4 is 57.2 Å². The number of nitrogens with two attached hydrogens (primary N) is 1. The number of phenols is 6. The molecule has 0 saturated heterocycles. The summed E-state index contributed by atoms with van der Waals surface area (Å²) in [6.45, 7) is 0. The molecule has 4 saturated carbocycles. The molecule has 17 rings (SSSR count). The second-order valence-corrected chi connectivity index (χ2v) is 26.3. The van der Waals surface area contributed by atoms with Crippen LogP contribution in [0.5, 0.6) is 69.0 Å². The lowest BCUT2D eigenvalue weighted by molar-refractivity contribution is -0.138. The maximum atomic E-state index is 16.0. The highest BCUT2D eigenvalue weighted by Crippen LogP contribution is 2.56. The number of phenolic OH excluding ortho intramolecular Hbond substituents is 6. The quantitative estimate of drug-likeness (QED) is 0.0829. The zero-order valence-electron chi connectivity index (χ0n) is 49.8. The van der Waals surface area contributed by atoms with Gasteiger partial charge in [0.1, 0.15) is 88.6 Å². The van der Waals surface area contributed by atoms with Gasteiger partial charge in [0, 0.05) is 35.2 Å². The highest BCUT2D eigenvalue weighted by Gasteiger charge is 2.53. The number of aliphatic hydroxyl groups is 1. The van der Waals surface area contributed by atoms with Crippen molar-refractivity contribution in [2.45, 2.75) is 98.9 Å². The van der Waals surface area contributed by atoms with Crippen molar-refractivity contribution in [2.24, 2.45) is 23.5 Å². The van der Waals surface area contributed by atoms with E-state index in [1.165, 1.54) is 72.8 Å². The first-order valence-corrected chi connectivity index (χ1v) is 31.3. The first-order valence-electron chi connectivity index (χ1n) is 30.5. The number of ether oxygens (including phenoxy) is 3. The number of nitrogens with one attached hydrogen (secondary N) is 7. The van der Waals surface area contributed by atoms with Crippen LogP contribution in [-0.4, -0.2) is 94.7 Å². The third kappa shape index (κ3) is 11.7. The molecule has 10 aliphatic rings. The van der Waals surface area contributed by atoms with Crippen LogP contribution in [0.2, 0.25) is 10.0 Å². The summed E-state index contributed by atoms with van der Waals surface area (Å²) >= 11 is 13.9. The van der Waals surface area contributed by atoms with Crippen LogP contribution in [0.1, 0.15) is 114 Å². The van der Waals surface area contributed by atoms with Gasteiger partial charge >= 0.3 is 0 Å². The summed E-state index contributed by atoms with van der Waals surface area (Å²) in [6, 6.07) is 9.90. The fraction of sp³-hybridized carbons (Fsp3) is 0.279. The fourth-order valence-electron chi connectivity index (χ4n) is 14.8. The van der Waals surface area contributed by atoms with Crippen molar-refractivity contribution in [1.82, 2.24) is 37.2 Å².